The molecule has 1 fully saturated rings. The van der Waals surface area contributed by atoms with E-state index in [0.717, 1.165) is 24.2 Å². The number of thiazole rings is 1. The first-order chi connectivity index (χ1) is 19.1. The summed E-state index contributed by atoms with van der Waals surface area (Å²) >= 11 is 1.06. The van der Waals surface area contributed by atoms with Crippen molar-refractivity contribution in [1.82, 2.24) is 19.9 Å². The number of amides is 2. The summed E-state index contributed by atoms with van der Waals surface area (Å²) < 4.78 is 28.9. The van der Waals surface area contributed by atoms with E-state index in [9.17, 15) is 28.2 Å². The molecule has 1 aromatic heterocycles. The van der Waals surface area contributed by atoms with Crippen LogP contribution in [0.1, 0.15) is 67.8 Å². The van der Waals surface area contributed by atoms with Crippen molar-refractivity contribution in [2.24, 2.45) is 5.92 Å². The molecule has 12 heteroatoms. The van der Waals surface area contributed by atoms with Crippen LogP contribution in [0.5, 0.6) is 0 Å². The Morgan fingerprint density at radius 1 is 1.00 bits per heavy atom. The molecule has 2 amide bonds. The second kappa shape index (κ2) is 11.8. The number of carbonyl (C=O) groups is 2. The van der Waals surface area contributed by atoms with Gasteiger partial charge < -0.3 is 20.4 Å². The minimum Gasteiger partial charge on any atom is -0.389 e. The molecule has 0 atom stereocenters. The highest BCUT2D eigenvalue weighted by Crippen LogP contribution is 2.38. The quantitative estimate of drug-likeness (QED) is 0.293. The fourth-order valence-corrected chi connectivity index (χ4v) is 6.96. The van der Waals surface area contributed by atoms with Crippen LogP contribution < -0.4 is 10.0 Å². The molecule has 222 valence electrons. The van der Waals surface area contributed by atoms with Gasteiger partial charge in [0.25, 0.3) is 11.8 Å². The SMILES string of the molecule is CC1CCN(C(=O)c2nc(C(=O)NCC(C)(C)O)sc2-c2ccc(S(=O)(=O)NCC(C)(C)O)c3ccccc23)CC1. The lowest BCUT2D eigenvalue weighted by Gasteiger charge is -2.30. The molecule has 4 rings (SSSR count). The van der Waals surface area contributed by atoms with Crippen molar-refractivity contribution < 1.29 is 28.2 Å². The third-order valence-electron chi connectivity index (χ3n) is 6.89. The van der Waals surface area contributed by atoms with Crippen LogP contribution in [-0.4, -0.2) is 77.7 Å². The molecule has 4 N–H and O–H groups in total. The maximum absolute atomic E-state index is 13.8. The molecule has 1 aliphatic rings. The van der Waals surface area contributed by atoms with Crippen LogP contribution in [0.15, 0.2) is 41.3 Å². The highest BCUT2D eigenvalue weighted by molar-refractivity contribution is 7.89. The lowest BCUT2D eigenvalue weighted by Crippen LogP contribution is -2.39. The first-order valence-electron chi connectivity index (χ1n) is 13.6. The molecule has 1 aliphatic heterocycles. The fourth-order valence-electron chi connectivity index (χ4n) is 4.53. The Labute approximate surface area is 244 Å². The summed E-state index contributed by atoms with van der Waals surface area (Å²) in [6.45, 7) is 9.33. The summed E-state index contributed by atoms with van der Waals surface area (Å²) in [6.07, 6.45) is 1.74. The van der Waals surface area contributed by atoms with Crippen LogP contribution >= 0.6 is 11.3 Å². The van der Waals surface area contributed by atoms with Gasteiger partial charge in [-0.2, -0.15) is 0 Å². The van der Waals surface area contributed by atoms with Crippen molar-refractivity contribution in [2.75, 3.05) is 26.2 Å². The van der Waals surface area contributed by atoms with Crippen LogP contribution in [0.4, 0.5) is 0 Å². The van der Waals surface area contributed by atoms with Crippen LogP contribution in [-0.2, 0) is 10.0 Å². The molecule has 41 heavy (non-hydrogen) atoms. The molecule has 2 aromatic carbocycles. The van der Waals surface area contributed by atoms with Crippen molar-refractivity contribution in [2.45, 2.75) is 63.6 Å². The first-order valence-corrected chi connectivity index (χ1v) is 15.9. The number of carbonyl (C=O) groups excluding carboxylic acids is 2. The number of nitrogens with one attached hydrogen (secondary N) is 2. The summed E-state index contributed by atoms with van der Waals surface area (Å²) in [5.74, 6) is -0.276. The summed E-state index contributed by atoms with van der Waals surface area (Å²) in [5, 5.41) is 23.9. The van der Waals surface area contributed by atoms with Gasteiger partial charge in [0.15, 0.2) is 5.01 Å². The molecule has 0 aliphatic carbocycles. The van der Waals surface area contributed by atoms with Crippen LogP contribution in [0.3, 0.4) is 0 Å². The predicted molar refractivity (Wildman–Crippen MR) is 159 cm³/mol. The lowest BCUT2D eigenvalue weighted by molar-refractivity contribution is 0.0685. The average Bonchev–Trinajstić information content (AvgIpc) is 3.34. The Balaban J connectivity index is 1.82. The Hall–Kier alpha value is -2.90. The number of benzene rings is 2. The molecule has 0 saturated carbocycles. The number of aromatic nitrogens is 1. The number of rotatable bonds is 9. The zero-order valence-electron chi connectivity index (χ0n) is 24.0. The van der Waals surface area contributed by atoms with Gasteiger partial charge in [0.1, 0.15) is 5.69 Å². The Morgan fingerprint density at radius 2 is 1.61 bits per heavy atom. The highest BCUT2D eigenvalue weighted by atomic mass is 32.2. The monoisotopic (exact) mass is 602 g/mol. The molecule has 0 spiro atoms. The van der Waals surface area contributed by atoms with E-state index in [1.165, 1.54) is 19.9 Å². The first kappa shape index (κ1) is 31.0. The molecular formula is C29H38N4O6S2. The summed E-state index contributed by atoms with van der Waals surface area (Å²) in [4.78, 5) is 33.5. The number of hydrogen-bond donors (Lipinski definition) is 4. The van der Waals surface area contributed by atoms with Gasteiger partial charge in [-0.05, 0) is 57.9 Å². The molecule has 2 heterocycles. The zero-order chi connectivity index (χ0) is 30.2. The Bertz CT molecular complexity index is 1550. The van der Waals surface area contributed by atoms with E-state index in [-0.39, 0.29) is 34.6 Å². The van der Waals surface area contributed by atoms with Gasteiger partial charge in [0.2, 0.25) is 10.0 Å². The van der Waals surface area contributed by atoms with Gasteiger partial charge in [-0.1, -0.05) is 37.3 Å². The number of aliphatic hydroxyl groups is 2. The Kier molecular flexibility index (Phi) is 8.91. The molecule has 0 radical (unpaired) electrons. The summed E-state index contributed by atoms with van der Waals surface area (Å²) in [7, 11) is -3.98. The van der Waals surface area contributed by atoms with Crippen LogP contribution in [0.2, 0.25) is 0 Å². The van der Waals surface area contributed by atoms with Crippen LogP contribution in [0.25, 0.3) is 21.2 Å². The zero-order valence-corrected chi connectivity index (χ0v) is 25.7. The number of sulfonamides is 1. The largest absolute Gasteiger partial charge is 0.389 e. The third-order valence-corrected chi connectivity index (χ3v) is 9.44. The van der Waals surface area contributed by atoms with Gasteiger partial charge in [-0.15, -0.1) is 11.3 Å². The van der Waals surface area contributed by atoms with Gasteiger partial charge in [0, 0.05) is 37.1 Å². The van der Waals surface area contributed by atoms with Crippen molar-refractivity contribution >= 4 is 43.9 Å². The van der Waals surface area contributed by atoms with Gasteiger partial charge in [0.05, 0.1) is 21.0 Å². The Morgan fingerprint density at radius 3 is 2.22 bits per heavy atom. The summed E-state index contributed by atoms with van der Waals surface area (Å²) in [6, 6.07) is 10.0. The van der Waals surface area contributed by atoms with E-state index >= 15 is 0 Å². The smallest absolute Gasteiger partial charge is 0.280 e. The number of likely N-dealkylation sites (tertiary alicyclic amines) is 1. The summed E-state index contributed by atoms with van der Waals surface area (Å²) in [5.41, 5.74) is -1.65. The topological polar surface area (TPSA) is 149 Å². The van der Waals surface area contributed by atoms with E-state index in [1.807, 2.05) is 0 Å². The van der Waals surface area contributed by atoms with Crippen LogP contribution in [0, 0.1) is 5.92 Å². The number of piperidine rings is 1. The molecule has 0 bridgehead atoms. The second-order valence-electron chi connectivity index (χ2n) is 12.0. The number of nitrogens with zero attached hydrogens (tertiary/aromatic N) is 2. The second-order valence-corrected chi connectivity index (χ2v) is 14.7. The third kappa shape index (κ3) is 7.49. The molecule has 3 aromatic rings. The predicted octanol–water partition coefficient (Wildman–Crippen LogP) is 3.39. The van der Waals surface area contributed by atoms with Crippen molar-refractivity contribution in [3.8, 4) is 10.4 Å². The van der Waals surface area contributed by atoms with Gasteiger partial charge >= 0.3 is 0 Å². The molecule has 0 unspecified atom stereocenters. The lowest BCUT2D eigenvalue weighted by atomic mass is 9.98. The maximum atomic E-state index is 13.8. The van der Waals surface area contributed by atoms with E-state index in [1.54, 1.807) is 49.1 Å². The normalized spacial score (nSPS) is 15.3. The molecule has 10 nitrogen and oxygen atoms in total. The van der Waals surface area contributed by atoms with Gasteiger partial charge in [-0.25, -0.2) is 18.1 Å². The molecule has 1 saturated heterocycles. The van der Waals surface area contributed by atoms with Crippen molar-refractivity contribution in [1.29, 1.82) is 0 Å². The van der Waals surface area contributed by atoms with E-state index in [4.69, 9.17) is 0 Å². The van der Waals surface area contributed by atoms with Crippen molar-refractivity contribution in [3.05, 3.63) is 47.1 Å². The van der Waals surface area contributed by atoms with E-state index in [2.05, 4.69) is 21.9 Å². The highest BCUT2D eigenvalue weighted by Gasteiger charge is 2.30. The fraction of sp³-hybridized carbons (Fsp3) is 0.483. The van der Waals surface area contributed by atoms with Crippen molar-refractivity contribution in [3.63, 3.8) is 0 Å². The average molecular weight is 603 g/mol. The minimum absolute atomic E-state index is 0.00116. The maximum Gasteiger partial charge on any atom is 0.280 e. The standard InChI is InChI=1S/C29H38N4O6S2/c1-18-12-14-33(15-13-18)27(35)23-24(40-26(32-23)25(34)30-16-28(2,3)36)21-10-11-22(20-9-7-6-8-19(20)21)41(38,39)31-17-29(4,5)37/h6-11,18,31,36-37H,12-17H2,1-5H3,(H,30,34). The van der Waals surface area contributed by atoms with E-state index in [0.29, 0.717) is 40.2 Å². The molecular weight excluding hydrogens is 564 g/mol. The van der Waals surface area contributed by atoms with Gasteiger partial charge in [-0.3, -0.25) is 9.59 Å². The minimum atomic E-state index is -3.98. The van der Waals surface area contributed by atoms with E-state index < -0.39 is 27.1 Å². The number of fused-ring (bicyclic) bond motifs is 1. The number of hydrogen-bond acceptors (Lipinski definition) is 8.